The van der Waals surface area contributed by atoms with Gasteiger partial charge < -0.3 is 14.7 Å². The van der Waals surface area contributed by atoms with E-state index in [0.29, 0.717) is 18.4 Å². The van der Waals surface area contributed by atoms with Crippen molar-refractivity contribution in [2.45, 2.75) is 37.4 Å². The summed E-state index contributed by atoms with van der Waals surface area (Å²) in [6.45, 7) is 1.17. The fourth-order valence-electron chi connectivity index (χ4n) is 7.21. The number of pyridine rings is 1. The average molecular weight is 629 g/mol. The second-order valence-electron chi connectivity index (χ2n) is 12.2. The Kier molecular flexibility index (Phi) is 7.41. The molecule has 3 aliphatic rings. The molecule has 0 bridgehead atoms. The van der Waals surface area contributed by atoms with Crippen molar-refractivity contribution in [1.82, 2.24) is 19.9 Å². The van der Waals surface area contributed by atoms with Crippen molar-refractivity contribution in [3.05, 3.63) is 59.6 Å². The molecule has 12 heteroatoms. The Morgan fingerprint density at radius 3 is 2.83 bits per heavy atom. The summed E-state index contributed by atoms with van der Waals surface area (Å²) < 4.78 is 66.9. The van der Waals surface area contributed by atoms with Gasteiger partial charge in [0.2, 0.25) is 0 Å². The second kappa shape index (κ2) is 11.5. The number of fused-ring (bicyclic) bond motifs is 3. The second-order valence-corrected chi connectivity index (χ2v) is 12.2. The molecule has 0 amide bonds. The van der Waals surface area contributed by atoms with Gasteiger partial charge in [-0.2, -0.15) is 15.2 Å². The minimum absolute atomic E-state index is 0.0472. The molecule has 2 fully saturated rings. The average Bonchev–Trinajstić information content (AvgIpc) is 3.55. The van der Waals surface area contributed by atoms with Crippen molar-refractivity contribution in [2.75, 3.05) is 37.7 Å². The first-order valence-corrected chi connectivity index (χ1v) is 15.0. The molecule has 7 rings (SSSR count). The number of phenols is 1. The maximum absolute atomic E-state index is 16.7. The standard InChI is InChI=1S/C34H28F4N6O2/c1-2-24-27(37)5-4-20-11-23(45)12-25(28(20)24)30-29(38)31-26(14-40-30)32(43-15-19(6-8-39)10-21(35)16-43)42-33(41-31)46-18-34-7-3-9-44(34)17-22(36)13-34/h1,4-5,10-12,14,19,22,45H,3,6-7,9,13,15-18H2/t19?,22-,34+/m1/s1. The molecule has 0 aliphatic carbocycles. The minimum atomic E-state index is -0.988. The van der Waals surface area contributed by atoms with Gasteiger partial charge in [-0.15, -0.1) is 6.42 Å². The first-order chi connectivity index (χ1) is 22.2. The zero-order valence-corrected chi connectivity index (χ0v) is 24.6. The first kappa shape index (κ1) is 29.8. The topological polar surface area (TPSA) is 98.4 Å². The van der Waals surface area contributed by atoms with Crippen LogP contribution in [0.1, 0.15) is 31.2 Å². The third kappa shape index (κ3) is 5.03. The molecular weight excluding hydrogens is 600 g/mol. The highest BCUT2D eigenvalue weighted by Gasteiger charge is 2.49. The van der Waals surface area contributed by atoms with Crippen LogP contribution in [0.4, 0.5) is 23.4 Å². The van der Waals surface area contributed by atoms with Gasteiger partial charge in [-0.1, -0.05) is 12.0 Å². The van der Waals surface area contributed by atoms with E-state index in [-0.39, 0.29) is 76.8 Å². The molecule has 2 saturated heterocycles. The van der Waals surface area contributed by atoms with Crippen LogP contribution in [-0.2, 0) is 0 Å². The molecule has 46 heavy (non-hydrogen) atoms. The monoisotopic (exact) mass is 628 g/mol. The largest absolute Gasteiger partial charge is 0.508 e. The van der Waals surface area contributed by atoms with E-state index < -0.39 is 35.1 Å². The number of phenolic OH excluding ortho intramolecular Hbond substituents is 1. The van der Waals surface area contributed by atoms with Crippen LogP contribution in [0.5, 0.6) is 11.8 Å². The van der Waals surface area contributed by atoms with E-state index in [1.54, 1.807) is 4.90 Å². The van der Waals surface area contributed by atoms with Crippen LogP contribution in [-0.4, -0.2) is 69.5 Å². The maximum Gasteiger partial charge on any atom is 0.319 e. The lowest BCUT2D eigenvalue weighted by Gasteiger charge is -2.32. The Bertz CT molecular complexity index is 2010. The maximum atomic E-state index is 16.7. The third-order valence-corrected chi connectivity index (χ3v) is 9.19. The third-order valence-electron chi connectivity index (χ3n) is 9.19. The number of ether oxygens (including phenoxy) is 1. The van der Waals surface area contributed by atoms with Crippen LogP contribution in [0.2, 0.25) is 0 Å². The molecule has 1 unspecified atom stereocenters. The van der Waals surface area contributed by atoms with Gasteiger partial charge >= 0.3 is 6.01 Å². The van der Waals surface area contributed by atoms with Crippen LogP contribution >= 0.6 is 0 Å². The van der Waals surface area contributed by atoms with Gasteiger partial charge in [0.05, 0.1) is 29.1 Å². The first-order valence-electron chi connectivity index (χ1n) is 15.0. The molecule has 1 N–H and O–H groups in total. The Hall–Kier alpha value is -4.94. The summed E-state index contributed by atoms with van der Waals surface area (Å²) in [6.07, 6.45) is 9.35. The number of aromatic nitrogens is 3. The highest BCUT2D eigenvalue weighted by molar-refractivity contribution is 6.03. The number of anilines is 1. The quantitative estimate of drug-likeness (QED) is 0.206. The molecule has 2 aromatic heterocycles. The van der Waals surface area contributed by atoms with Crippen molar-refractivity contribution < 1.29 is 27.4 Å². The predicted octanol–water partition coefficient (Wildman–Crippen LogP) is 5.97. The molecule has 0 saturated carbocycles. The Morgan fingerprint density at radius 1 is 1.17 bits per heavy atom. The molecule has 2 aromatic carbocycles. The zero-order valence-electron chi connectivity index (χ0n) is 24.6. The van der Waals surface area contributed by atoms with E-state index in [9.17, 15) is 23.5 Å². The fraction of sp³-hybridized carbons (Fsp3) is 0.353. The van der Waals surface area contributed by atoms with Crippen molar-refractivity contribution >= 4 is 27.5 Å². The van der Waals surface area contributed by atoms with Gasteiger partial charge in [0.15, 0.2) is 5.82 Å². The molecule has 234 valence electrons. The number of hydrogen-bond acceptors (Lipinski definition) is 8. The number of benzene rings is 2. The van der Waals surface area contributed by atoms with Gasteiger partial charge in [0, 0.05) is 49.0 Å². The number of aromatic hydroxyl groups is 1. The Balaban J connectivity index is 1.39. The lowest BCUT2D eigenvalue weighted by Crippen LogP contribution is -2.43. The van der Waals surface area contributed by atoms with Crippen molar-refractivity contribution in [2.24, 2.45) is 5.92 Å². The molecular formula is C34H28F4N6O2. The summed E-state index contributed by atoms with van der Waals surface area (Å²) in [5.74, 6) is -0.275. The predicted molar refractivity (Wildman–Crippen MR) is 163 cm³/mol. The van der Waals surface area contributed by atoms with Crippen LogP contribution in [0.15, 0.2) is 42.4 Å². The number of nitriles is 1. The Morgan fingerprint density at radius 2 is 2.02 bits per heavy atom. The lowest BCUT2D eigenvalue weighted by molar-refractivity contribution is 0.107. The van der Waals surface area contributed by atoms with E-state index >= 15 is 4.39 Å². The van der Waals surface area contributed by atoms with Crippen LogP contribution < -0.4 is 9.64 Å². The van der Waals surface area contributed by atoms with E-state index in [1.807, 2.05) is 0 Å². The molecule has 8 nitrogen and oxygen atoms in total. The normalized spacial score (nSPS) is 22.9. The summed E-state index contributed by atoms with van der Waals surface area (Å²) in [5, 5.41) is 20.5. The van der Waals surface area contributed by atoms with Crippen LogP contribution in [0.25, 0.3) is 32.9 Å². The fourth-order valence-corrected chi connectivity index (χ4v) is 7.21. The number of hydrogen-bond donors (Lipinski definition) is 1. The van der Waals surface area contributed by atoms with Gasteiger partial charge in [0.25, 0.3) is 0 Å². The molecule has 3 aliphatic heterocycles. The molecule has 4 aromatic rings. The number of halogens is 4. The molecule has 0 radical (unpaired) electrons. The van der Waals surface area contributed by atoms with Gasteiger partial charge in [-0.3, -0.25) is 9.88 Å². The van der Waals surface area contributed by atoms with Gasteiger partial charge in [-0.25, -0.2) is 17.6 Å². The van der Waals surface area contributed by atoms with Crippen molar-refractivity contribution in [1.29, 1.82) is 5.26 Å². The van der Waals surface area contributed by atoms with E-state index in [2.05, 4.69) is 31.8 Å². The van der Waals surface area contributed by atoms with Crippen LogP contribution in [0.3, 0.4) is 0 Å². The zero-order chi connectivity index (χ0) is 32.2. The van der Waals surface area contributed by atoms with Crippen LogP contribution in [0, 0.1) is 41.2 Å². The molecule has 3 atom stereocenters. The summed E-state index contributed by atoms with van der Waals surface area (Å²) in [4.78, 5) is 17.0. The molecule has 5 heterocycles. The van der Waals surface area contributed by atoms with Crippen molar-refractivity contribution in [3.63, 3.8) is 0 Å². The SMILES string of the molecule is C#Cc1c(F)ccc2cc(O)cc(-c3ncc4c(N5CC(F)=CC(CC#N)C5)nc(OC[C@@]56CCCN5C[C@H](F)C6)nc4c3F)c12. The van der Waals surface area contributed by atoms with E-state index in [0.717, 1.165) is 19.4 Å². The number of rotatable bonds is 6. The van der Waals surface area contributed by atoms with E-state index in [4.69, 9.17) is 11.2 Å². The highest BCUT2D eigenvalue weighted by Crippen LogP contribution is 2.42. The van der Waals surface area contributed by atoms with Gasteiger partial charge in [0.1, 0.15) is 47.2 Å². The van der Waals surface area contributed by atoms with E-state index in [1.165, 1.54) is 36.5 Å². The number of alkyl halides is 1. The highest BCUT2D eigenvalue weighted by atomic mass is 19.1. The minimum Gasteiger partial charge on any atom is -0.508 e. The molecule has 0 spiro atoms. The smallest absolute Gasteiger partial charge is 0.319 e. The summed E-state index contributed by atoms with van der Waals surface area (Å²) in [5.41, 5.74) is -1.07. The Labute approximate surface area is 261 Å². The van der Waals surface area contributed by atoms with Gasteiger partial charge in [-0.05, 0) is 49.0 Å². The number of nitrogens with zero attached hydrogens (tertiary/aromatic N) is 6. The summed E-state index contributed by atoms with van der Waals surface area (Å²) in [6, 6.07) is 7.09. The summed E-state index contributed by atoms with van der Waals surface area (Å²) >= 11 is 0. The lowest BCUT2D eigenvalue weighted by atomic mass is 9.95. The van der Waals surface area contributed by atoms with Crippen molar-refractivity contribution in [3.8, 4) is 41.4 Å². The number of terminal acetylenes is 1. The summed E-state index contributed by atoms with van der Waals surface area (Å²) in [7, 11) is 0.